The first-order valence-corrected chi connectivity index (χ1v) is 22.1. The van der Waals surface area contributed by atoms with Crippen molar-refractivity contribution in [3.05, 3.63) is 102 Å². The van der Waals surface area contributed by atoms with Gasteiger partial charge in [0.25, 0.3) is 0 Å². The molecule has 4 aliphatic rings. The highest BCUT2D eigenvalue weighted by Gasteiger charge is 2.78. The molecule has 0 spiro atoms. The molecule has 4 aromatic rings. The third-order valence-corrected chi connectivity index (χ3v) is 14.3. The number of halogens is 2. The first-order valence-electron chi connectivity index (χ1n) is 21.3. The molecule has 0 saturated carbocycles. The number of carbonyl (C=O) groups is 4. The van der Waals surface area contributed by atoms with E-state index in [0.29, 0.717) is 47.9 Å². The van der Waals surface area contributed by atoms with Crippen molar-refractivity contribution in [2.75, 3.05) is 14.2 Å². The molecule has 60 heavy (non-hydrogen) atoms. The van der Waals surface area contributed by atoms with E-state index in [4.69, 9.17) is 32.7 Å². The third-order valence-electron chi connectivity index (χ3n) is 13.5. The van der Waals surface area contributed by atoms with Gasteiger partial charge in [-0.3, -0.25) is 9.59 Å². The monoisotopic (exact) mass is 844 g/mol. The molecule has 0 aliphatic heterocycles. The fourth-order valence-electron chi connectivity index (χ4n) is 10.8. The van der Waals surface area contributed by atoms with Gasteiger partial charge in [0.05, 0.1) is 37.5 Å². The van der Waals surface area contributed by atoms with E-state index in [-0.39, 0.29) is 11.1 Å². The van der Waals surface area contributed by atoms with Gasteiger partial charge in [-0.05, 0) is 130 Å². The average Bonchev–Trinajstić information content (AvgIpc) is 3.27. The normalized spacial score (nSPS) is 21.4. The summed E-state index contributed by atoms with van der Waals surface area (Å²) in [6.45, 7) is 8.36. The Hall–Kier alpha value is -5.02. The van der Waals surface area contributed by atoms with Crippen LogP contribution >= 0.6 is 23.2 Å². The second kappa shape index (κ2) is 16.8. The Morgan fingerprint density at radius 2 is 0.917 bits per heavy atom. The Labute approximate surface area is 361 Å². The van der Waals surface area contributed by atoms with E-state index in [2.05, 4.69) is 52.0 Å². The zero-order valence-corrected chi connectivity index (χ0v) is 36.7. The molecule has 0 radical (unpaired) electrons. The first kappa shape index (κ1) is 43.1. The molecular weight excluding hydrogens is 795 g/mol. The molecule has 4 aliphatic carbocycles. The molecule has 0 aromatic heterocycles. The Kier molecular flexibility index (Phi) is 12.1. The Balaban J connectivity index is 1.79. The lowest BCUT2D eigenvalue weighted by molar-refractivity contribution is -0.141. The number of ether oxygens (including phenoxy) is 2. The summed E-state index contributed by atoms with van der Waals surface area (Å²) >= 11 is 13.3. The molecule has 310 valence electrons. The average molecular weight is 846 g/mol. The second-order valence-electron chi connectivity index (χ2n) is 16.5. The minimum absolute atomic E-state index is 0.217. The number of carbonyl (C=O) groups excluding carboxylic acids is 4. The summed E-state index contributed by atoms with van der Waals surface area (Å²) in [5.74, 6) is -4.89. The van der Waals surface area contributed by atoms with Crippen LogP contribution in [-0.2, 0) is 44.7 Å². The van der Waals surface area contributed by atoms with Crippen molar-refractivity contribution in [1.29, 1.82) is 10.5 Å². The molecule has 4 aromatic carbocycles. The summed E-state index contributed by atoms with van der Waals surface area (Å²) in [5, 5.41) is 25.5. The van der Waals surface area contributed by atoms with Gasteiger partial charge in [-0.2, -0.15) is 10.5 Å². The second-order valence-corrected chi connectivity index (χ2v) is 17.2. The number of ketones is 2. The highest BCUT2D eigenvalue weighted by molar-refractivity contribution is 6.57. The smallest absolute Gasteiger partial charge is 0.339 e. The molecule has 10 heteroatoms. The van der Waals surface area contributed by atoms with Crippen molar-refractivity contribution >= 4 is 68.3 Å². The Morgan fingerprint density at radius 3 is 1.22 bits per heavy atom. The topological polar surface area (TPSA) is 134 Å². The minimum Gasteiger partial charge on any atom is -0.465 e. The fourth-order valence-corrected chi connectivity index (χ4v) is 11.3. The first-order chi connectivity index (χ1) is 29.0. The number of nitriles is 2. The number of hydrogen-bond donors (Lipinski definition) is 0. The zero-order valence-electron chi connectivity index (χ0n) is 35.2. The number of Topliss-reactive ketones (excluding diaryl/α,β-unsaturated/α-hetero) is 2. The standard InChI is InChI=1S/C50H50Cl2N2O6/c1-7-11-17-27-33-23-35-29(19-13-9-3)39(47(57)59-5)40(48(58)60-6)30(20-14-10-4)36(35)24-34(33)28(18-12-8-2)38-37(27)41-31-21-15-16-22-32(31)42(38)50(26-54)46(56)44(52)43(51)45(55)49(41,50)25-53/h15-16,21-24,41-42H,7-14,17-20H2,1-6H3/t41-,42+,49?,50?. The van der Waals surface area contributed by atoms with Crippen molar-refractivity contribution in [1.82, 2.24) is 0 Å². The lowest BCUT2D eigenvalue weighted by Gasteiger charge is -2.59. The van der Waals surface area contributed by atoms with Gasteiger partial charge in [-0.25, -0.2) is 9.59 Å². The number of methoxy groups -OCH3 is 2. The minimum atomic E-state index is -2.21. The van der Waals surface area contributed by atoms with E-state index in [0.717, 1.165) is 95.2 Å². The lowest BCUT2D eigenvalue weighted by Crippen LogP contribution is -2.65. The largest absolute Gasteiger partial charge is 0.465 e. The summed E-state index contributed by atoms with van der Waals surface area (Å²) in [4.78, 5) is 57.7. The zero-order chi connectivity index (χ0) is 43.3. The lowest BCUT2D eigenvalue weighted by atomic mass is 9.37. The van der Waals surface area contributed by atoms with Crippen LogP contribution in [0.2, 0.25) is 0 Å². The molecule has 8 nitrogen and oxygen atoms in total. The molecule has 2 unspecified atom stereocenters. The highest BCUT2D eigenvalue weighted by Crippen LogP contribution is 2.74. The number of fused-ring (bicyclic) bond motifs is 2. The van der Waals surface area contributed by atoms with Gasteiger partial charge >= 0.3 is 11.9 Å². The molecule has 0 N–H and O–H groups in total. The van der Waals surface area contributed by atoms with E-state index in [1.165, 1.54) is 14.2 Å². The molecule has 4 atom stereocenters. The van der Waals surface area contributed by atoms with Crippen LogP contribution in [0, 0.1) is 33.5 Å². The van der Waals surface area contributed by atoms with Crippen LogP contribution in [0.15, 0.2) is 46.5 Å². The van der Waals surface area contributed by atoms with Gasteiger partial charge in [-0.15, -0.1) is 0 Å². The quantitative estimate of drug-likeness (QED) is 0.0904. The molecule has 0 heterocycles. The van der Waals surface area contributed by atoms with Crippen LogP contribution in [0.4, 0.5) is 0 Å². The fraction of sp³-hybridized carbons (Fsp3) is 0.440. The van der Waals surface area contributed by atoms with E-state index in [1.54, 1.807) is 0 Å². The predicted molar refractivity (Wildman–Crippen MR) is 234 cm³/mol. The van der Waals surface area contributed by atoms with E-state index in [1.807, 2.05) is 24.3 Å². The van der Waals surface area contributed by atoms with Gasteiger partial charge < -0.3 is 9.47 Å². The number of benzene rings is 4. The number of aryl methyl sites for hydroxylation is 4. The number of unbranched alkanes of at least 4 members (excludes halogenated alkanes) is 4. The highest BCUT2D eigenvalue weighted by atomic mass is 35.5. The van der Waals surface area contributed by atoms with Crippen LogP contribution in [0.1, 0.15) is 156 Å². The van der Waals surface area contributed by atoms with Crippen molar-refractivity contribution in [3.63, 3.8) is 0 Å². The van der Waals surface area contributed by atoms with Crippen molar-refractivity contribution in [3.8, 4) is 12.1 Å². The van der Waals surface area contributed by atoms with Crippen molar-refractivity contribution < 1.29 is 28.7 Å². The van der Waals surface area contributed by atoms with Crippen molar-refractivity contribution in [2.24, 2.45) is 10.8 Å². The molecule has 0 saturated heterocycles. The summed E-state index contributed by atoms with van der Waals surface area (Å²) in [6.07, 6.45) is 8.55. The maximum absolute atomic E-state index is 14.9. The molecule has 0 amide bonds. The van der Waals surface area contributed by atoms with E-state index in [9.17, 15) is 29.7 Å². The van der Waals surface area contributed by atoms with Crippen LogP contribution in [-0.4, -0.2) is 37.7 Å². The van der Waals surface area contributed by atoms with Gasteiger partial charge in [0, 0.05) is 11.8 Å². The Bertz CT molecular complexity index is 2450. The van der Waals surface area contributed by atoms with Crippen LogP contribution in [0.25, 0.3) is 21.5 Å². The molecular formula is C50H50Cl2N2O6. The number of nitrogens with zero attached hydrogens (tertiary/aromatic N) is 2. The summed E-state index contributed by atoms with van der Waals surface area (Å²) < 4.78 is 10.8. The molecule has 2 bridgehead atoms. The van der Waals surface area contributed by atoms with Crippen molar-refractivity contribution in [2.45, 2.75) is 117 Å². The third kappa shape index (κ3) is 5.81. The Morgan fingerprint density at radius 1 is 0.600 bits per heavy atom. The molecule has 0 fully saturated rings. The van der Waals surface area contributed by atoms with Gasteiger partial charge in [0.15, 0.2) is 22.4 Å². The maximum atomic E-state index is 14.9. The summed E-state index contributed by atoms with van der Waals surface area (Å²) in [6, 6.07) is 16.5. The summed E-state index contributed by atoms with van der Waals surface area (Å²) in [5.41, 5.74) is 2.31. The number of rotatable bonds is 14. The predicted octanol–water partition coefficient (Wildman–Crippen LogP) is 11.4. The van der Waals surface area contributed by atoms with Gasteiger partial charge in [0.2, 0.25) is 0 Å². The van der Waals surface area contributed by atoms with Gasteiger partial charge in [0.1, 0.15) is 10.1 Å². The number of hydrogen-bond acceptors (Lipinski definition) is 8. The number of allylic oxidation sites excluding steroid dienone is 2. The SMILES string of the molecule is CCCCc1c(C(=O)OC)c(C(=O)OC)c(CCCC)c2cc3c(CCCC)c4c(c(CCCC)c3cc12)[C@H]1c2ccccc2[C@@H]4C2(C#N)C(=O)C(Cl)=C(Cl)C(=O)C12C#N. The molecule has 8 rings (SSSR count). The van der Waals surface area contributed by atoms with E-state index >= 15 is 0 Å². The van der Waals surface area contributed by atoms with Crippen LogP contribution in [0.5, 0.6) is 0 Å². The summed E-state index contributed by atoms with van der Waals surface area (Å²) in [7, 11) is 2.65. The van der Waals surface area contributed by atoms with Gasteiger partial charge in [-0.1, -0.05) is 101 Å². The maximum Gasteiger partial charge on any atom is 0.339 e. The van der Waals surface area contributed by atoms with Crippen LogP contribution < -0.4 is 0 Å². The van der Waals surface area contributed by atoms with E-state index < -0.39 is 56.2 Å². The van der Waals surface area contributed by atoms with Crippen LogP contribution in [0.3, 0.4) is 0 Å². The number of esters is 2.